The molecule has 1 saturated heterocycles. The fourth-order valence-electron chi connectivity index (χ4n) is 3.63. The lowest BCUT2D eigenvalue weighted by Crippen LogP contribution is -2.37. The minimum atomic E-state index is -0.163. The summed E-state index contributed by atoms with van der Waals surface area (Å²) in [5.41, 5.74) is 0.537. The fraction of sp³-hybridized carbons (Fsp3) is 0.611. The molecule has 2 heterocycles. The van der Waals surface area contributed by atoms with Gasteiger partial charge in [0.2, 0.25) is 11.8 Å². The quantitative estimate of drug-likeness (QED) is 0.895. The summed E-state index contributed by atoms with van der Waals surface area (Å²) in [6.07, 6.45) is 8.91. The summed E-state index contributed by atoms with van der Waals surface area (Å²) in [6, 6.07) is 3.69. The molecule has 1 N–H and O–H groups in total. The molecular formula is C18H23N3O3. The molecule has 1 atom stereocenters. The van der Waals surface area contributed by atoms with Crippen LogP contribution >= 0.6 is 0 Å². The third kappa shape index (κ3) is 3.37. The maximum absolute atomic E-state index is 12.5. The minimum Gasteiger partial charge on any atom is -0.474 e. The summed E-state index contributed by atoms with van der Waals surface area (Å²) in [7, 11) is 0. The van der Waals surface area contributed by atoms with Crippen LogP contribution in [0.3, 0.4) is 0 Å². The molecule has 1 aliphatic heterocycles. The first-order valence-electron chi connectivity index (χ1n) is 8.92. The molecule has 3 aliphatic rings. The highest BCUT2D eigenvalue weighted by Gasteiger charge is 2.39. The second kappa shape index (κ2) is 6.42. The van der Waals surface area contributed by atoms with Crippen molar-refractivity contribution in [1.82, 2.24) is 15.2 Å². The van der Waals surface area contributed by atoms with Gasteiger partial charge in [-0.3, -0.25) is 9.59 Å². The van der Waals surface area contributed by atoms with Crippen molar-refractivity contribution in [1.29, 1.82) is 0 Å². The number of hydrogen-bond donors (Lipinski definition) is 1. The largest absolute Gasteiger partial charge is 0.474 e. The lowest BCUT2D eigenvalue weighted by molar-refractivity contribution is -0.128. The molecule has 1 aromatic rings. The number of carbonyl (C=O) groups excluding carboxylic acids is 2. The molecule has 0 unspecified atom stereocenters. The summed E-state index contributed by atoms with van der Waals surface area (Å²) in [4.78, 5) is 30.6. The Kier molecular flexibility index (Phi) is 4.12. The first kappa shape index (κ1) is 15.4. The van der Waals surface area contributed by atoms with E-state index in [4.69, 9.17) is 4.74 Å². The van der Waals surface area contributed by atoms with Gasteiger partial charge in [-0.05, 0) is 44.6 Å². The van der Waals surface area contributed by atoms with Crippen LogP contribution in [-0.4, -0.2) is 46.4 Å². The van der Waals surface area contributed by atoms with Crippen LogP contribution in [0.15, 0.2) is 18.3 Å². The Hall–Kier alpha value is -2.11. The molecule has 128 valence electrons. The standard InChI is InChI=1S/C18H23N3O3/c22-17-10-13(11-21(17)14-5-6-14)20-18(23)12-7-8-19-16(9-12)24-15-3-1-2-4-15/h7-9,13-15H,1-6,10-11H2,(H,20,23)/t13-/m0/s1. The van der Waals surface area contributed by atoms with Crippen molar-refractivity contribution in [2.75, 3.05) is 6.54 Å². The SMILES string of the molecule is O=C(N[C@H]1CC(=O)N(C2CC2)C1)c1ccnc(OC2CCCC2)c1. The highest BCUT2D eigenvalue weighted by atomic mass is 16.5. The molecule has 0 radical (unpaired) electrons. The van der Waals surface area contributed by atoms with Gasteiger partial charge in [-0.2, -0.15) is 0 Å². The summed E-state index contributed by atoms with van der Waals surface area (Å²) in [5, 5.41) is 2.97. The average molecular weight is 329 g/mol. The number of carbonyl (C=O) groups is 2. The Morgan fingerprint density at radius 2 is 2.04 bits per heavy atom. The van der Waals surface area contributed by atoms with Crippen molar-refractivity contribution in [2.45, 2.75) is 63.1 Å². The molecule has 0 aromatic carbocycles. The summed E-state index contributed by atoms with van der Waals surface area (Å²) in [5.74, 6) is 0.503. The number of nitrogens with zero attached hydrogens (tertiary/aromatic N) is 2. The zero-order chi connectivity index (χ0) is 16.5. The van der Waals surface area contributed by atoms with Crippen molar-refractivity contribution in [3.05, 3.63) is 23.9 Å². The fourth-order valence-corrected chi connectivity index (χ4v) is 3.63. The zero-order valence-electron chi connectivity index (χ0n) is 13.7. The van der Waals surface area contributed by atoms with E-state index in [1.54, 1.807) is 18.3 Å². The number of pyridine rings is 1. The van der Waals surface area contributed by atoms with Gasteiger partial charge >= 0.3 is 0 Å². The van der Waals surface area contributed by atoms with Crippen LogP contribution in [0.25, 0.3) is 0 Å². The molecule has 0 bridgehead atoms. The van der Waals surface area contributed by atoms with E-state index in [2.05, 4.69) is 10.3 Å². The van der Waals surface area contributed by atoms with Gasteiger partial charge in [0.25, 0.3) is 5.91 Å². The van der Waals surface area contributed by atoms with Gasteiger partial charge in [0.05, 0.1) is 6.04 Å². The van der Waals surface area contributed by atoms with E-state index in [0.717, 1.165) is 25.7 Å². The molecule has 0 spiro atoms. The van der Waals surface area contributed by atoms with Crippen LogP contribution in [0, 0.1) is 0 Å². The zero-order valence-corrected chi connectivity index (χ0v) is 13.7. The highest BCUT2D eigenvalue weighted by molar-refractivity contribution is 5.95. The lowest BCUT2D eigenvalue weighted by atomic mass is 10.2. The van der Waals surface area contributed by atoms with Crippen LogP contribution in [0.2, 0.25) is 0 Å². The third-order valence-corrected chi connectivity index (χ3v) is 5.07. The molecule has 24 heavy (non-hydrogen) atoms. The molecule has 2 saturated carbocycles. The van der Waals surface area contributed by atoms with Crippen molar-refractivity contribution >= 4 is 11.8 Å². The highest BCUT2D eigenvalue weighted by Crippen LogP contribution is 2.30. The number of likely N-dealkylation sites (tertiary alicyclic amines) is 1. The van der Waals surface area contributed by atoms with Gasteiger partial charge in [-0.15, -0.1) is 0 Å². The lowest BCUT2D eigenvalue weighted by Gasteiger charge is -2.16. The van der Waals surface area contributed by atoms with Gasteiger partial charge in [-0.25, -0.2) is 4.98 Å². The molecule has 4 rings (SSSR count). The van der Waals surface area contributed by atoms with Gasteiger partial charge < -0.3 is 15.0 Å². The Bertz CT molecular complexity index is 638. The second-order valence-electron chi connectivity index (χ2n) is 7.06. The van der Waals surface area contributed by atoms with Crippen molar-refractivity contribution in [3.8, 4) is 5.88 Å². The number of aromatic nitrogens is 1. The average Bonchev–Trinajstić information content (AvgIpc) is 3.17. The van der Waals surface area contributed by atoms with E-state index in [0.29, 0.717) is 30.5 Å². The number of rotatable bonds is 5. The minimum absolute atomic E-state index is 0.0991. The number of nitrogens with one attached hydrogen (secondary N) is 1. The number of ether oxygens (including phenoxy) is 1. The summed E-state index contributed by atoms with van der Waals surface area (Å²) < 4.78 is 5.86. The predicted octanol–water partition coefficient (Wildman–Crippen LogP) is 1.90. The smallest absolute Gasteiger partial charge is 0.251 e. The van der Waals surface area contributed by atoms with E-state index >= 15 is 0 Å². The third-order valence-electron chi connectivity index (χ3n) is 5.07. The molecule has 6 heteroatoms. The van der Waals surface area contributed by atoms with Crippen molar-refractivity contribution in [3.63, 3.8) is 0 Å². The molecule has 2 amide bonds. The van der Waals surface area contributed by atoms with Crippen molar-refractivity contribution < 1.29 is 14.3 Å². The summed E-state index contributed by atoms with van der Waals surface area (Å²) in [6.45, 7) is 0.631. The van der Waals surface area contributed by atoms with E-state index in [9.17, 15) is 9.59 Å². The monoisotopic (exact) mass is 329 g/mol. The maximum Gasteiger partial charge on any atom is 0.251 e. The van der Waals surface area contributed by atoms with E-state index in [-0.39, 0.29) is 24.0 Å². The maximum atomic E-state index is 12.5. The van der Waals surface area contributed by atoms with E-state index < -0.39 is 0 Å². The van der Waals surface area contributed by atoms with E-state index in [1.807, 2.05) is 4.90 Å². The number of hydrogen-bond acceptors (Lipinski definition) is 4. The van der Waals surface area contributed by atoms with Crippen LogP contribution < -0.4 is 10.1 Å². The second-order valence-corrected chi connectivity index (χ2v) is 7.06. The van der Waals surface area contributed by atoms with Crippen LogP contribution in [-0.2, 0) is 4.79 Å². The van der Waals surface area contributed by atoms with Gasteiger partial charge in [0.1, 0.15) is 6.10 Å². The number of amides is 2. The topological polar surface area (TPSA) is 71.5 Å². The van der Waals surface area contributed by atoms with Crippen molar-refractivity contribution in [2.24, 2.45) is 0 Å². The molecular weight excluding hydrogens is 306 g/mol. The Morgan fingerprint density at radius 3 is 2.79 bits per heavy atom. The predicted molar refractivity (Wildman–Crippen MR) is 87.7 cm³/mol. The van der Waals surface area contributed by atoms with Gasteiger partial charge in [0, 0.05) is 36.8 Å². The van der Waals surface area contributed by atoms with E-state index in [1.165, 1.54) is 12.8 Å². The molecule has 3 fully saturated rings. The summed E-state index contributed by atoms with van der Waals surface area (Å²) >= 11 is 0. The van der Waals surface area contributed by atoms with Gasteiger partial charge in [-0.1, -0.05) is 0 Å². The molecule has 6 nitrogen and oxygen atoms in total. The van der Waals surface area contributed by atoms with Crippen LogP contribution in [0.5, 0.6) is 5.88 Å². The first-order valence-corrected chi connectivity index (χ1v) is 8.92. The Morgan fingerprint density at radius 1 is 1.25 bits per heavy atom. The Labute approximate surface area is 141 Å². The first-order chi connectivity index (χ1) is 11.7. The Balaban J connectivity index is 1.36. The molecule has 1 aromatic heterocycles. The normalized spacial score (nSPS) is 24.4. The van der Waals surface area contributed by atoms with Crippen LogP contribution in [0.4, 0.5) is 0 Å². The van der Waals surface area contributed by atoms with Gasteiger partial charge in [0.15, 0.2) is 0 Å². The van der Waals surface area contributed by atoms with Crippen LogP contribution in [0.1, 0.15) is 55.3 Å². The molecule has 2 aliphatic carbocycles.